The van der Waals surface area contributed by atoms with E-state index < -0.39 is 6.04 Å². The van der Waals surface area contributed by atoms with Gasteiger partial charge in [0.25, 0.3) is 5.91 Å². The number of amides is 2. The van der Waals surface area contributed by atoms with Crippen molar-refractivity contribution in [3.63, 3.8) is 0 Å². The Hall–Kier alpha value is -1.40. The third-order valence-corrected chi connectivity index (χ3v) is 5.38. The van der Waals surface area contributed by atoms with Gasteiger partial charge in [-0.05, 0) is 48.3 Å². The molecule has 1 unspecified atom stereocenters. The molecule has 0 spiro atoms. The van der Waals surface area contributed by atoms with Gasteiger partial charge in [-0.25, -0.2) is 0 Å². The first kappa shape index (κ1) is 21.9. The second-order valence-electron chi connectivity index (χ2n) is 5.74. The van der Waals surface area contributed by atoms with Gasteiger partial charge in [-0.1, -0.05) is 53.0 Å². The number of hydrogen-bond acceptors (Lipinski definition) is 3. The molecule has 2 amide bonds. The van der Waals surface area contributed by atoms with Crippen LogP contribution in [-0.2, 0) is 11.3 Å². The molecule has 2 aromatic rings. The van der Waals surface area contributed by atoms with E-state index in [4.69, 9.17) is 34.8 Å². The highest BCUT2D eigenvalue weighted by Gasteiger charge is 2.22. The number of nitrogens with one attached hydrogen (secondary N) is 2. The molecule has 0 aliphatic heterocycles. The smallest absolute Gasteiger partial charge is 0.253 e. The van der Waals surface area contributed by atoms with Crippen LogP contribution < -0.4 is 10.6 Å². The third-order valence-electron chi connectivity index (χ3n) is 3.82. The summed E-state index contributed by atoms with van der Waals surface area (Å²) < 4.78 is 0. The quantitative estimate of drug-likeness (QED) is 0.613. The molecule has 0 heterocycles. The van der Waals surface area contributed by atoms with E-state index in [0.717, 1.165) is 11.3 Å². The molecule has 0 aromatic heterocycles. The molecule has 2 aromatic carbocycles. The van der Waals surface area contributed by atoms with Crippen LogP contribution >= 0.6 is 46.6 Å². The van der Waals surface area contributed by atoms with Crippen LogP contribution in [0.1, 0.15) is 22.3 Å². The SMILES string of the molecule is CSCCC(NC(=O)c1ccccc1Cl)C(=O)NCc1ccc(Cl)cc1Cl. The summed E-state index contributed by atoms with van der Waals surface area (Å²) in [7, 11) is 0. The Kier molecular flexibility index (Phi) is 8.77. The predicted octanol–water partition coefficient (Wildman–Crippen LogP) is 4.81. The lowest BCUT2D eigenvalue weighted by atomic mass is 10.1. The van der Waals surface area contributed by atoms with Crippen molar-refractivity contribution in [1.82, 2.24) is 10.6 Å². The first-order valence-electron chi connectivity index (χ1n) is 8.18. The molecule has 0 fully saturated rings. The first-order valence-corrected chi connectivity index (χ1v) is 10.7. The Morgan fingerprint density at radius 2 is 1.81 bits per heavy atom. The molecule has 27 heavy (non-hydrogen) atoms. The largest absolute Gasteiger partial charge is 0.350 e. The summed E-state index contributed by atoms with van der Waals surface area (Å²) >= 11 is 19.7. The van der Waals surface area contributed by atoms with Crippen molar-refractivity contribution >= 4 is 58.4 Å². The predicted molar refractivity (Wildman–Crippen MR) is 114 cm³/mol. The molecule has 4 nitrogen and oxygen atoms in total. The van der Waals surface area contributed by atoms with Crippen molar-refractivity contribution in [2.75, 3.05) is 12.0 Å². The Morgan fingerprint density at radius 3 is 2.48 bits per heavy atom. The van der Waals surface area contributed by atoms with E-state index >= 15 is 0 Å². The lowest BCUT2D eigenvalue weighted by Crippen LogP contribution is -2.47. The number of rotatable bonds is 8. The van der Waals surface area contributed by atoms with Crippen LogP contribution in [-0.4, -0.2) is 29.9 Å². The van der Waals surface area contributed by atoms with E-state index in [1.807, 2.05) is 6.26 Å². The summed E-state index contributed by atoms with van der Waals surface area (Å²) in [5.41, 5.74) is 1.08. The van der Waals surface area contributed by atoms with Gasteiger partial charge in [-0.15, -0.1) is 0 Å². The highest BCUT2D eigenvalue weighted by atomic mass is 35.5. The first-order chi connectivity index (χ1) is 12.9. The molecule has 0 aliphatic carbocycles. The molecule has 0 saturated carbocycles. The van der Waals surface area contributed by atoms with Crippen LogP contribution in [0.3, 0.4) is 0 Å². The number of thioether (sulfide) groups is 1. The minimum absolute atomic E-state index is 0.243. The summed E-state index contributed by atoms with van der Waals surface area (Å²) in [5.74, 6) is 0.0598. The van der Waals surface area contributed by atoms with Gasteiger partial charge in [0, 0.05) is 16.6 Å². The van der Waals surface area contributed by atoms with Crippen molar-refractivity contribution in [3.8, 4) is 0 Å². The minimum atomic E-state index is -0.674. The summed E-state index contributed by atoms with van der Waals surface area (Å²) in [6, 6.07) is 11.1. The van der Waals surface area contributed by atoms with Gasteiger partial charge in [0.05, 0.1) is 10.6 Å². The standard InChI is InChI=1S/C19H19Cl3N2O2S/c1-27-9-8-17(24-18(25)14-4-2-3-5-15(14)21)19(26)23-11-12-6-7-13(20)10-16(12)22/h2-7,10,17H,8-9,11H2,1H3,(H,23,26)(H,24,25). The highest BCUT2D eigenvalue weighted by Crippen LogP contribution is 2.21. The number of carbonyl (C=O) groups is 2. The van der Waals surface area contributed by atoms with Crippen molar-refractivity contribution in [1.29, 1.82) is 0 Å². The monoisotopic (exact) mass is 444 g/mol. The molecular formula is C19H19Cl3N2O2S. The van der Waals surface area contributed by atoms with Gasteiger partial charge in [0.15, 0.2) is 0 Å². The molecule has 0 saturated heterocycles. The van der Waals surface area contributed by atoms with E-state index in [0.29, 0.717) is 27.1 Å². The lowest BCUT2D eigenvalue weighted by molar-refractivity contribution is -0.123. The lowest BCUT2D eigenvalue weighted by Gasteiger charge is -2.19. The fourth-order valence-electron chi connectivity index (χ4n) is 2.36. The van der Waals surface area contributed by atoms with Crippen molar-refractivity contribution in [3.05, 3.63) is 68.7 Å². The van der Waals surface area contributed by atoms with Crippen LogP contribution in [0.5, 0.6) is 0 Å². The Bertz CT molecular complexity index is 817. The molecule has 0 radical (unpaired) electrons. The molecule has 2 N–H and O–H groups in total. The van der Waals surface area contributed by atoms with Crippen molar-refractivity contribution in [2.45, 2.75) is 19.0 Å². The molecule has 0 bridgehead atoms. The fourth-order valence-corrected chi connectivity index (χ4v) is 3.52. The second kappa shape index (κ2) is 10.8. The van der Waals surface area contributed by atoms with Crippen LogP contribution in [0.25, 0.3) is 0 Å². The normalized spacial score (nSPS) is 11.7. The Labute approximate surface area is 177 Å². The zero-order valence-electron chi connectivity index (χ0n) is 14.6. The van der Waals surface area contributed by atoms with Gasteiger partial charge in [0.1, 0.15) is 6.04 Å². The summed E-state index contributed by atoms with van der Waals surface area (Å²) in [4.78, 5) is 25.1. The maximum atomic E-state index is 12.6. The van der Waals surface area contributed by atoms with E-state index in [9.17, 15) is 9.59 Å². The van der Waals surface area contributed by atoms with Gasteiger partial charge >= 0.3 is 0 Å². The van der Waals surface area contributed by atoms with Crippen LogP contribution in [0.2, 0.25) is 15.1 Å². The van der Waals surface area contributed by atoms with E-state index in [2.05, 4.69) is 10.6 Å². The van der Waals surface area contributed by atoms with Crippen molar-refractivity contribution < 1.29 is 9.59 Å². The molecule has 0 aliphatic rings. The number of benzene rings is 2. The highest BCUT2D eigenvalue weighted by molar-refractivity contribution is 7.98. The van der Waals surface area contributed by atoms with Crippen LogP contribution in [0, 0.1) is 0 Å². The maximum absolute atomic E-state index is 12.6. The summed E-state index contributed by atoms with van der Waals surface area (Å²) in [6.45, 7) is 0.243. The van der Waals surface area contributed by atoms with E-state index in [1.54, 1.807) is 54.2 Å². The second-order valence-corrected chi connectivity index (χ2v) is 7.98. The fraction of sp³-hybridized carbons (Fsp3) is 0.263. The molecule has 1 atom stereocenters. The third kappa shape index (κ3) is 6.61. The van der Waals surface area contributed by atoms with Gasteiger partial charge < -0.3 is 10.6 Å². The average molecular weight is 446 g/mol. The Balaban J connectivity index is 2.04. The molecule has 144 valence electrons. The number of hydrogen-bond donors (Lipinski definition) is 2. The van der Waals surface area contributed by atoms with Gasteiger partial charge in [-0.2, -0.15) is 11.8 Å². The Morgan fingerprint density at radius 1 is 1.07 bits per heavy atom. The average Bonchev–Trinajstić information content (AvgIpc) is 2.64. The van der Waals surface area contributed by atoms with Gasteiger partial charge in [-0.3, -0.25) is 9.59 Å². The van der Waals surface area contributed by atoms with Crippen LogP contribution in [0.4, 0.5) is 0 Å². The molecule has 8 heteroatoms. The number of halogens is 3. The minimum Gasteiger partial charge on any atom is -0.350 e. The molecule has 2 rings (SSSR count). The van der Waals surface area contributed by atoms with E-state index in [-0.39, 0.29) is 18.4 Å². The number of carbonyl (C=O) groups excluding carboxylic acids is 2. The zero-order valence-corrected chi connectivity index (χ0v) is 17.7. The maximum Gasteiger partial charge on any atom is 0.253 e. The summed E-state index contributed by atoms with van der Waals surface area (Å²) in [6.07, 6.45) is 2.44. The van der Waals surface area contributed by atoms with Crippen LogP contribution in [0.15, 0.2) is 42.5 Å². The van der Waals surface area contributed by atoms with Crippen molar-refractivity contribution in [2.24, 2.45) is 0 Å². The summed E-state index contributed by atoms with van der Waals surface area (Å²) in [5, 5.41) is 6.93. The molecular weight excluding hydrogens is 427 g/mol. The topological polar surface area (TPSA) is 58.2 Å². The van der Waals surface area contributed by atoms with Gasteiger partial charge in [0.2, 0.25) is 5.91 Å². The zero-order chi connectivity index (χ0) is 19.8. The van der Waals surface area contributed by atoms with E-state index in [1.165, 1.54) is 0 Å².